The lowest BCUT2D eigenvalue weighted by Crippen LogP contribution is -1.92. The van der Waals surface area contributed by atoms with Gasteiger partial charge >= 0.3 is 5.97 Å². The minimum atomic E-state index is -0.950. The summed E-state index contributed by atoms with van der Waals surface area (Å²) in [6.45, 7) is 2.12. The van der Waals surface area contributed by atoms with Crippen LogP contribution in [0, 0.1) is 5.92 Å². The van der Waals surface area contributed by atoms with Crippen LogP contribution >= 0.6 is 0 Å². The molecule has 3 heteroatoms. The van der Waals surface area contributed by atoms with E-state index in [0.717, 1.165) is 6.08 Å². The molecule has 0 heterocycles. The molecule has 1 atom stereocenters. The van der Waals surface area contributed by atoms with Gasteiger partial charge in [0.25, 0.3) is 0 Å². The monoisotopic (exact) mass is 170 g/mol. The van der Waals surface area contributed by atoms with Crippen molar-refractivity contribution in [2.45, 2.75) is 13.3 Å². The Labute approximate surface area is 72.0 Å². The van der Waals surface area contributed by atoms with Gasteiger partial charge in [-0.1, -0.05) is 25.2 Å². The van der Waals surface area contributed by atoms with Crippen LogP contribution in [0.2, 0.25) is 0 Å². The Balaban J connectivity index is 3.67. The van der Waals surface area contributed by atoms with Gasteiger partial charge in [0.15, 0.2) is 0 Å². The van der Waals surface area contributed by atoms with Crippen molar-refractivity contribution in [2.75, 3.05) is 6.61 Å². The van der Waals surface area contributed by atoms with Crippen LogP contribution in [-0.4, -0.2) is 22.8 Å². The van der Waals surface area contributed by atoms with E-state index in [1.54, 1.807) is 6.08 Å². The molecule has 0 rings (SSSR count). The van der Waals surface area contributed by atoms with E-state index in [-0.39, 0.29) is 12.5 Å². The molecule has 0 bridgehead atoms. The second kappa shape index (κ2) is 6.61. The quantitative estimate of drug-likeness (QED) is 0.481. The molecule has 0 saturated carbocycles. The zero-order valence-corrected chi connectivity index (χ0v) is 7.10. The maximum atomic E-state index is 10.0. The second-order valence-electron chi connectivity index (χ2n) is 2.57. The first-order valence-electron chi connectivity index (χ1n) is 3.85. The van der Waals surface area contributed by atoms with Gasteiger partial charge in [-0.25, -0.2) is 4.79 Å². The lowest BCUT2D eigenvalue weighted by atomic mass is 10.1. The predicted molar refractivity (Wildman–Crippen MR) is 46.8 cm³/mol. The van der Waals surface area contributed by atoms with Crippen LogP contribution in [0.15, 0.2) is 24.3 Å². The largest absolute Gasteiger partial charge is 0.478 e. The van der Waals surface area contributed by atoms with Gasteiger partial charge in [-0.15, -0.1) is 0 Å². The highest BCUT2D eigenvalue weighted by molar-refractivity contribution is 5.80. The number of hydrogen-bond acceptors (Lipinski definition) is 2. The fourth-order valence-corrected chi connectivity index (χ4v) is 0.692. The number of carbonyl (C=O) groups is 1. The van der Waals surface area contributed by atoms with Gasteiger partial charge in [-0.05, 0) is 12.3 Å². The van der Waals surface area contributed by atoms with Crippen LogP contribution in [0.1, 0.15) is 13.3 Å². The van der Waals surface area contributed by atoms with Gasteiger partial charge in [0, 0.05) is 12.7 Å². The van der Waals surface area contributed by atoms with Crippen molar-refractivity contribution in [3.8, 4) is 0 Å². The number of rotatable bonds is 5. The van der Waals surface area contributed by atoms with E-state index in [0.29, 0.717) is 6.42 Å². The lowest BCUT2D eigenvalue weighted by Gasteiger charge is -1.99. The maximum Gasteiger partial charge on any atom is 0.328 e. The average molecular weight is 170 g/mol. The molecule has 0 spiro atoms. The van der Waals surface area contributed by atoms with Gasteiger partial charge in [0.05, 0.1) is 0 Å². The minimum Gasteiger partial charge on any atom is -0.478 e. The van der Waals surface area contributed by atoms with Gasteiger partial charge in [-0.3, -0.25) is 0 Å². The SMILES string of the molecule is C[C@@H](/C=C/C=C/C(=O)O)CCO. The molecule has 12 heavy (non-hydrogen) atoms. The molecule has 68 valence electrons. The number of aliphatic hydroxyl groups excluding tert-OH is 1. The van der Waals surface area contributed by atoms with Crippen molar-refractivity contribution in [3.05, 3.63) is 24.3 Å². The molecule has 0 radical (unpaired) electrons. The van der Waals surface area contributed by atoms with E-state index in [1.807, 2.05) is 13.0 Å². The van der Waals surface area contributed by atoms with Crippen LogP contribution in [0.3, 0.4) is 0 Å². The summed E-state index contributed by atoms with van der Waals surface area (Å²) in [5.41, 5.74) is 0. The summed E-state index contributed by atoms with van der Waals surface area (Å²) in [5.74, 6) is -0.664. The van der Waals surface area contributed by atoms with E-state index in [2.05, 4.69) is 0 Å². The highest BCUT2D eigenvalue weighted by Crippen LogP contribution is 2.01. The Hall–Kier alpha value is -1.09. The summed E-state index contributed by atoms with van der Waals surface area (Å²) in [4.78, 5) is 10.0. The molecular weight excluding hydrogens is 156 g/mol. The molecule has 0 unspecified atom stereocenters. The third-order valence-electron chi connectivity index (χ3n) is 1.37. The smallest absolute Gasteiger partial charge is 0.328 e. The van der Waals surface area contributed by atoms with Crippen LogP contribution in [0.5, 0.6) is 0 Å². The molecule has 0 saturated heterocycles. The van der Waals surface area contributed by atoms with Crippen LogP contribution < -0.4 is 0 Å². The first kappa shape index (κ1) is 10.9. The first-order valence-corrected chi connectivity index (χ1v) is 3.85. The number of carboxylic acid groups (broad SMARTS) is 1. The molecular formula is C9H14O3. The van der Waals surface area contributed by atoms with E-state index < -0.39 is 5.97 Å². The van der Waals surface area contributed by atoms with Crippen molar-refractivity contribution >= 4 is 5.97 Å². The Morgan fingerprint density at radius 3 is 2.67 bits per heavy atom. The molecule has 0 amide bonds. The molecule has 0 aliphatic carbocycles. The first-order chi connectivity index (χ1) is 5.66. The van der Waals surface area contributed by atoms with Crippen LogP contribution in [-0.2, 0) is 4.79 Å². The molecule has 0 fully saturated rings. The molecule has 2 N–H and O–H groups in total. The van der Waals surface area contributed by atoms with E-state index in [1.165, 1.54) is 6.08 Å². The zero-order valence-electron chi connectivity index (χ0n) is 7.10. The van der Waals surface area contributed by atoms with Crippen LogP contribution in [0.4, 0.5) is 0 Å². The molecule has 0 aromatic carbocycles. The normalized spacial score (nSPS) is 14.2. The summed E-state index contributed by atoms with van der Waals surface area (Å²) < 4.78 is 0. The number of aliphatic hydroxyl groups is 1. The number of allylic oxidation sites excluding steroid dienone is 3. The highest BCUT2D eigenvalue weighted by atomic mass is 16.4. The summed E-state index contributed by atoms with van der Waals surface area (Å²) in [5, 5.41) is 16.8. The fraction of sp³-hybridized carbons (Fsp3) is 0.444. The van der Waals surface area contributed by atoms with E-state index in [4.69, 9.17) is 10.2 Å². The van der Waals surface area contributed by atoms with Crippen molar-refractivity contribution in [2.24, 2.45) is 5.92 Å². The number of aliphatic carboxylic acids is 1. The molecule has 0 aromatic heterocycles. The van der Waals surface area contributed by atoms with Gasteiger partial charge in [-0.2, -0.15) is 0 Å². The summed E-state index contributed by atoms with van der Waals surface area (Å²) in [7, 11) is 0. The van der Waals surface area contributed by atoms with E-state index >= 15 is 0 Å². The highest BCUT2D eigenvalue weighted by Gasteiger charge is 1.92. The average Bonchev–Trinajstić information content (AvgIpc) is 1.98. The summed E-state index contributed by atoms with van der Waals surface area (Å²) in [6, 6.07) is 0. The zero-order chi connectivity index (χ0) is 9.40. The van der Waals surface area contributed by atoms with Gasteiger partial charge in [0.2, 0.25) is 0 Å². The van der Waals surface area contributed by atoms with Gasteiger partial charge < -0.3 is 10.2 Å². The Bertz CT molecular complexity index is 182. The fourth-order valence-electron chi connectivity index (χ4n) is 0.692. The lowest BCUT2D eigenvalue weighted by molar-refractivity contribution is -0.131. The van der Waals surface area contributed by atoms with Gasteiger partial charge in [0.1, 0.15) is 0 Å². The minimum absolute atomic E-state index is 0.161. The Morgan fingerprint density at radius 1 is 1.50 bits per heavy atom. The molecule has 0 aliphatic heterocycles. The predicted octanol–water partition coefficient (Wildman–Crippen LogP) is 1.20. The topological polar surface area (TPSA) is 57.5 Å². The van der Waals surface area contributed by atoms with Crippen LogP contribution in [0.25, 0.3) is 0 Å². The van der Waals surface area contributed by atoms with Crippen molar-refractivity contribution < 1.29 is 15.0 Å². The third-order valence-corrected chi connectivity index (χ3v) is 1.37. The third kappa shape index (κ3) is 7.02. The maximum absolute atomic E-state index is 10.0. The van der Waals surface area contributed by atoms with Crippen molar-refractivity contribution in [1.29, 1.82) is 0 Å². The van der Waals surface area contributed by atoms with Crippen molar-refractivity contribution in [3.63, 3.8) is 0 Å². The van der Waals surface area contributed by atoms with E-state index in [9.17, 15) is 4.79 Å². The number of hydrogen-bond donors (Lipinski definition) is 2. The second-order valence-corrected chi connectivity index (χ2v) is 2.57. The standard InChI is InChI=1S/C9H14O3/c1-8(6-7-10)4-2-3-5-9(11)12/h2-5,8,10H,6-7H2,1H3,(H,11,12)/b4-2+,5-3+/t8-/m0/s1. The molecule has 0 aromatic rings. The molecule has 0 aliphatic rings. The Morgan fingerprint density at radius 2 is 2.17 bits per heavy atom. The summed E-state index contributed by atoms with van der Waals surface area (Å²) in [6.07, 6.45) is 6.78. The Kier molecular flexibility index (Phi) is 6.01. The molecule has 3 nitrogen and oxygen atoms in total. The summed E-state index contributed by atoms with van der Waals surface area (Å²) >= 11 is 0. The number of carboxylic acids is 1. The van der Waals surface area contributed by atoms with Crippen molar-refractivity contribution in [1.82, 2.24) is 0 Å².